The Morgan fingerprint density at radius 3 is 2.57 bits per heavy atom. The standard InChI is InChI=1S/C22H20N2O3S/c25-21(15-24-19-10-4-5-11-20(19)28-16-22(24)26)23(14-18-9-6-12-27-18)13-17-7-2-1-3-8-17/h1-12H,13-16H2. The first-order valence-electron chi connectivity index (χ1n) is 9.07. The lowest BCUT2D eigenvalue weighted by Gasteiger charge is -2.31. The average Bonchev–Trinajstić information content (AvgIpc) is 3.23. The van der Waals surface area contributed by atoms with Crippen molar-refractivity contribution in [2.75, 3.05) is 17.2 Å². The van der Waals surface area contributed by atoms with E-state index in [1.165, 1.54) is 11.8 Å². The molecule has 6 heteroatoms. The lowest BCUT2D eigenvalue weighted by molar-refractivity contribution is -0.132. The van der Waals surface area contributed by atoms with Gasteiger partial charge in [-0.05, 0) is 29.8 Å². The first kappa shape index (κ1) is 18.4. The fraction of sp³-hybridized carbons (Fsp3) is 0.182. The molecule has 0 aliphatic carbocycles. The van der Waals surface area contributed by atoms with Crippen LogP contribution in [-0.4, -0.2) is 29.0 Å². The average molecular weight is 392 g/mol. The van der Waals surface area contributed by atoms with Crippen LogP contribution in [0.5, 0.6) is 0 Å². The molecular formula is C22H20N2O3S. The summed E-state index contributed by atoms with van der Waals surface area (Å²) in [7, 11) is 0. The Labute approximate surface area is 167 Å². The van der Waals surface area contributed by atoms with E-state index in [-0.39, 0.29) is 18.4 Å². The summed E-state index contributed by atoms with van der Waals surface area (Å²) in [5.41, 5.74) is 1.83. The third kappa shape index (κ3) is 4.12. The highest BCUT2D eigenvalue weighted by molar-refractivity contribution is 8.00. The summed E-state index contributed by atoms with van der Waals surface area (Å²) in [6.07, 6.45) is 1.60. The van der Waals surface area contributed by atoms with E-state index in [1.807, 2.05) is 66.7 Å². The molecule has 2 aromatic carbocycles. The molecule has 0 radical (unpaired) electrons. The number of anilines is 1. The predicted octanol–water partition coefficient (Wildman–Crippen LogP) is 3.95. The van der Waals surface area contributed by atoms with Gasteiger partial charge in [-0.2, -0.15) is 0 Å². The van der Waals surface area contributed by atoms with E-state index in [0.29, 0.717) is 24.6 Å². The molecule has 5 nitrogen and oxygen atoms in total. The van der Waals surface area contributed by atoms with Gasteiger partial charge in [-0.15, -0.1) is 11.8 Å². The molecule has 0 N–H and O–H groups in total. The van der Waals surface area contributed by atoms with Crippen LogP contribution in [0.1, 0.15) is 11.3 Å². The molecule has 3 aromatic rings. The molecule has 28 heavy (non-hydrogen) atoms. The minimum absolute atomic E-state index is 0.0178. The van der Waals surface area contributed by atoms with Crippen LogP contribution in [-0.2, 0) is 22.7 Å². The Hall–Kier alpha value is -2.99. The molecule has 4 rings (SSSR count). The summed E-state index contributed by atoms with van der Waals surface area (Å²) in [5, 5.41) is 0. The zero-order chi connectivity index (χ0) is 19.3. The van der Waals surface area contributed by atoms with Crippen LogP contribution >= 0.6 is 11.8 Å². The Balaban J connectivity index is 1.56. The van der Waals surface area contributed by atoms with Crippen LogP contribution in [0.3, 0.4) is 0 Å². The maximum absolute atomic E-state index is 13.2. The predicted molar refractivity (Wildman–Crippen MR) is 109 cm³/mol. The van der Waals surface area contributed by atoms with Crippen LogP contribution in [0.2, 0.25) is 0 Å². The van der Waals surface area contributed by atoms with E-state index in [4.69, 9.17) is 4.42 Å². The lowest BCUT2D eigenvalue weighted by atomic mass is 10.2. The second-order valence-electron chi connectivity index (χ2n) is 6.55. The Bertz CT molecular complexity index is 957. The minimum Gasteiger partial charge on any atom is -0.467 e. The molecule has 0 saturated heterocycles. The molecule has 1 aromatic heterocycles. The number of benzene rings is 2. The van der Waals surface area contributed by atoms with Gasteiger partial charge in [-0.1, -0.05) is 42.5 Å². The number of thioether (sulfide) groups is 1. The smallest absolute Gasteiger partial charge is 0.243 e. The zero-order valence-corrected chi connectivity index (χ0v) is 16.1. The van der Waals surface area contributed by atoms with E-state index in [9.17, 15) is 9.59 Å². The van der Waals surface area contributed by atoms with Crippen molar-refractivity contribution in [3.63, 3.8) is 0 Å². The number of carbonyl (C=O) groups is 2. The van der Waals surface area contributed by atoms with E-state index < -0.39 is 0 Å². The molecule has 0 fully saturated rings. The van der Waals surface area contributed by atoms with Gasteiger partial charge in [0, 0.05) is 11.4 Å². The second kappa shape index (κ2) is 8.35. The topological polar surface area (TPSA) is 53.8 Å². The molecule has 1 aliphatic rings. The number of fused-ring (bicyclic) bond motifs is 1. The molecule has 0 saturated carbocycles. The summed E-state index contributed by atoms with van der Waals surface area (Å²) in [6, 6.07) is 21.2. The Morgan fingerprint density at radius 2 is 1.79 bits per heavy atom. The molecule has 2 amide bonds. The van der Waals surface area contributed by atoms with E-state index in [2.05, 4.69) is 0 Å². The van der Waals surface area contributed by atoms with Crippen molar-refractivity contribution in [3.05, 3.63) is 84.3 Å². The molecule has 1 aliphatic heterocycles. The van der Waals surface area contributed by atoms with Gasteiger partial charge in [0.15, 0.2) is 0 Å². The van der Waals surface area contributed by atoms with Gasteiger partial charge in [0.1, 0.15) is 12.3 Å². The van der Waals surface area contributed by atoms with E-state index in [1.54, 1.807) is 16.1 Å². The van der Waals surface area contributed by atoms with Gasteiger partial charge in [-0.25, -0.2) is 0 Å². The number of para-hydroxylation sites is 1. The SMILES string of the molecule is O=C(CN1C(=O)CSc2ccccc21)N(Cc1ccccc1)Cc1ccco1. The quantitative estimate of drug-likeness (QED) is 0.637. The second-order valence-corrected chi connectivity index (χ2v) is 7.57. The fourth-order valence-corrected chi connectivity index (χ4v) is 4.13. The zero-order valence-electron chi connectivity index (χ0n) is 15.3. The minimum atomic E-state index is -0.115. The van der Waals surface area contributed by atoms with Crippen LogP contribution in [0.4, 0.5) is 5.69 Å². The fourth-order valence-electron chi connectivity index (χ4n) is 3.19. The first-order chi connectivity index (χ1) is 13.7. The van der Waals surface area contributed by atoms with Gasteiger partial charge in [0.2, 0.25) is 11.8 Å². The van der Waals surface area contributed by atoms with Crippen LogP contribution in [0.15, 0.2) is 82.3 Å². The maximum Gasteiger partial charge on any atom is 0.243 e. The van der Waals surface area contributed by atoms with Gasteiger partial charge in [0.25, 0.3) is 0 Å². The van der Waals surface area contributed by atoms with Gasteiger partial charge in [0.05, 0.1) is 24.2 Å². The highest BCUT2D eigenvalue weighted by Crippen LogP contribution is 2.34. The van der Waals surface area contributed by atoms with Crippen molar-refractivity contribution < 1.29 is 14.0 Å². The van der Waals surface area contributed by atoms with E-state index >= 15 is 0 Å². The number of furan rings is 1. The van der Waals surface area contributed by atoms with E-state index in [0.717, 1.165) is 16.1 Å². The number of hydrogen-bond donors (Lipinski definition) is 0. The first-order valence-corrected chi connectivity index (χ1v) is 10.1. The molecule has 0 unspecified atom stereocenters. The third-order valence-corrected chi connectivity index (χ3v) is 5.64. The summed E-state index contributed by atoms with van der Waals surface area (Å²) >= 11 is 1.51. The third-order valence-electron chi connectivity index (χ3n) is 4.60. The number of carbonyl (C=O) groups excluding carboxylic acids is 2. The monoisotopic (exact) mass is 392 g/mol. The van der Waals surface area contributed by atoms with Gasteiger partial charge >= 0.3 is 0 Å². The molecule has 2 heterocycles. The van der Waals surface area contributed by atoms with Crippen molar-refractivity contribution in [3.8, 4) is 0 Å². The Kier molecular flexibility index (Phi) is 5.48. The summed E-state index contributed by atoms with van der Waals surface area (Å²) in [4.78, 5) is 30.0. The number of amides is 2. The van der Waals surface area contributed by atoms with Crippen LogP contribution < -0.4 is 4.90 Å². The van der Waals surface area contributed by atoms with Crippen molar-refractivity contribution >= 4 is 29.3 Å². The highest BCUT2D eigenvalue weighted by atomic mass is 32.2. The molecule has 0 bridgehead atoms. The molecule has 0 atom stereocenters. The summed E-state index contributed by atoms with van der Waals surface area (Å²) in [5.74, 6) is 0.900. The highest BCUT2D eigenvalue weighted by Gasteiger charge is 2.28. The number of rotatable bonds is 6. The summed E-state index contributed by atoms with van der Waals surface area (Å²) in [6.45, 7) is 0.835. The van der Waals surface area contributed by atoms with Gasteiger partial charge < -0.3 is 14.2 Å². The van der Waals surface area contributed by atoms with Crippen LogP contribution in [0.25, 0.3) is 0 Å². The Morgan fingerprint density at radius 1 is 1.00 bits per heavy atom. The number of nitrogens with zero attached hydrogens (tertiary/aromatic N) is 2. The maximum atomic E-state index is 13.2. The normalized spacial score (nSPS) is 13.3. The number of hydrogen-bond acceptors (Lipinski definition) is 4. The molecular weight excluding hydrogens is 372 g/mol. The molecule has 0 spiro atoms. The van der Waals surface area contributed by atoms with Crippen molar-refractivity contribution in [1.82, 2.24) is 4.90 Å². The largest absolute Gasteiger partial charge is 0.467 e. The van der Waals surface area contributed by atoms with Gasteiger partial charge in [-0.3, -0.25) is 9.59 Å². The molecule has 142 valence electrons. The van der Waals surface area contributed by atoms with Crippen molar-refractivity contribution in [2.45, 2.75) is 18.0 Å². The summed E-state index contributed by atoms with van der Waals surface area (Å²) < 4.78 is 5.44. The van der Waals surface area contributed by atoms with Crippen molar-refractivity contribution in [1.29, 1.82) is 0 Å². The van der Waals surface area contributed by atoms with Crippen molar-refractivity contribution in [2.24, 2.45) is 0 Å². The lowest BCUT2D eigenvalue weighted by Crippen LogP contribution is -2.44. The van der Waals surface area contributed by atoms with Crippen LogP contribution in [0, 0.1) is 0 Å².